The van der Waals surface area contributed by atoms with Crippen molar-refractivity contribution in [2.75, 3.05) is 6.61 Å². The van der Waals surface area contributed by atoms with E-state index in [4.69, 9.17) is 10.00 Å². The molecule has 1 saturated heterocycles. The Morgan fingerprint density at radius 1 is 1.55 bits per heavy atom. The van der Waals surface area contributed by atoms with E-state index in [9.17, 15) is 0 Å². The smallest absolute Gasteiger partial charge is 0.0693 e. The van der Waals surface area contributed by atoms with Crippen LogP contribution >= 0.6 is 0 Å². The topological polar surface area (TPSA) is 33.0 Å². The van der Waals surface area contributed by atoms with Crippen molar-refractivity contribution in [3.8, 4) is 6.07 Å². The molecule has 1 heterocycles. The van der Waals surface area contributed by atoms with Gasteiger partial charge in [-0.3, -0.25) is 0 Å². The molecule has 1 aliphatic heterocycles. The van der Waals surface area contributed by atoms with Crippen molar-refractivity contribution in [2.24, 2.45) is 11.3 Å². The Bertz CT molecular complexity index is 202. The normalized spacial score (nSPS) is 40.0. The highest BCUT2D eigenvalue weighted by Crippen LogP contribution is 2.55. The van der Waals surface area contributed by atoms with Gasteiger partial charge in [-0.1, -0.05) is 0 Å². The Morgan fingerprint density at radius 2 is 2.27 bits per heavy atom. The van der Waals surface area contributed by atoms with Crippen LogP contribution in [0.3, 0.4) is 0 Å². The predicted octanol–water partition coefficient (Wildman–Crippen LogP) is 1.72. The third-order valence-electron chi connectivity index (χ3n) is 3.10. The van der Waals surface area contributed by atoms with Crippen LogP contribution in [0.15, 0.2) is 0 Å². The molecule has 1 saturated carbocycles. The molecule has 2 rings (SSSR count). The summed E-state index contributed by atoms with van der Waals surface area (Å²) in [5, 5.41) is 8.93. The van der Waals surface area contributed by atoms with E-state index in [2.05, 4.69) is 13.0 Å². The average molecular weight is 151 g/mol. The lowest BCUT2D eigenvalue weighted by Crippen LogP contribution is -2.21. The molecule has 2 nitrogen and oxygen atoms in total. The van der Waals surface area contributed by atoms with Crippen molar-refractivity contribution in [1.29, 1.82) is 5.26 Å². The highest BCUT2D eigenvalue weighted by Gasteiger charge is 2.53. The van der Waals surface area contributed by atoms with E-state index < -0.39 is 0 Å². The fraction of sp³-hybridized carbons (Fsp3) is 0.889. The Kier molecular flexibility index (Phi) is 1.43. The Hall–Kier alpha value is -0.550. The molecule has 0 aromatic heterocycles. The number of rotatable bonds is 1. The molecule has 0 spiro atoms. The number of hydrogen-bond acceptors (Lipinski definition) is 2. The van der Waals surface area contributed by atoms with Gasteiger partial charge in [0.1, 0.15) is 0 Å². The molecule has 0 aromatic rings. The summed E-state index contributed by atoms with van der Waals surface area (Å²) in [6, 6.07) is 2.44. The van der Waals surface area contributed by atoms with E-state index >= 15 is 0 Å². The highest BCUT2D eigenvalue weighted by molar-refractivity contribution is 5.14. The summed E-state index contributed by atoms with van der Waals surface area (Å²) in [7, 11) is 0. The second-order valence-electron chi connectivity index (χ2n) is 3.74. The molecule has 2 aliphatic rings. The molecule has 0 N–H and O–H groups in total. The van der Waals surface area contributed by atoms with Gasteiger partial charge in [0.15, 0.2) is 0 Å². The van der Waals surface area contributed by atoms with Gasteiger partial charge in [-0.25, -0.2) is 0 Å². The van der Waals surface area contributed by atoms with Gasteiger partial charge in [0.05, 0.1) is 17.6 Å². The maximum absolute atomic E-state index is 8.93. The van der Waals surface area contributed by atoms with Crippen LogP contribution in [-0.2, 0) is 4.74 Å². The Labute approximate surface area is 67.2 Å². The number of nitriles is 1. The zero-order valence-corrected chi connectivity index (χ0v) is 6.84. The fourth-order valence-corrected chi connectivity index (χ4v) is 2.16. The molecule has 0 amide bonds. The zero-order chi connectivity index (χ0) is 7.90. The summed E-state index contributed by atoms with van der Waals surface area (Å²) < 4.78 is 5.44. The van der Waals surface area contributed by atoms with Crippen LogP contribution in [0.25, 0.3) is 0 Å². The lowest BCUT2D eigenvalue weighted by Gasteiger charge is -2.17. The van der Waals surface area contributed by atoms with Crippen LogP contribution in [0.2, 0.25) is 0 Å². The van der Waals surface area contributed by atoms with Crippen molar-refractivity contribution < 1.29 is 4.74 Å². The summed E-state index contributed by atoms with van der Waals surface area (Å²) in [6.45, 7) is 2.95. The third-order valence-corrected chi connectivity index (χ3v) is 3.10. The predicted molar refractivity (Wildman–Crippen MR) is 40.8 cm³/mol. The summed E-state index contributed by atoms with van der Waals surface area (Å²) in [5.41, 5.74) is 0.0237. The van der Waals surface area contributed by atoms with Crippen LogP contribution in [0, 0.1) is 22.7 Å². The van der Waals surface area contributed by atoms with Crippen LogP contribution in [0.4, 0.5) is 0 Å². The van der Waals surface area contributed by atoms with Gasteiger partial charge in [-0.15, -0.1) is 0 Å². The molecular weight excluding hydrogens is 138 g/mol. The van der Waals surface area contributed by atoms with Crippen LogP contribution in [0.1, 0.15) is 26.2 Å². The SMILES string of the molecule is CC1OCCC1C1(C#N)CC1. The van der Waals surface area contributed by atoms with E-state index in [1.54, 1.807) is 0 Å². The van der Waals surface area contributed by atoms with Crippen LogP contribution in [-0.4, -0.2) is 12.7 Å². The minimum Gasteiger partial charge on any atom is -0.378 e. The van der Waals surface area contributed by atoms with Gasteiger partial charge in [0.2, 0.25) is 0 Å². The largest absolute Gasteiger partial charge is 0.378 e. The molecule has 1 aliphatic carbocycles. The second kappa shape index (κ2) is 2.22. The summed E-state index contributed by atoms with van der Waals surface area (Å²) in [6.07, 6.45) is 3.61. The molecule has 0 bridgehead atoms. The summed E-state index contributed by atoms with van der Waals surface area (Å²) in [4.78, 5) is 0. The van der Waals surface area contributed by atoms with Gasteiger partial charge >= 0.3 is 0 Å². The van der Waals surface area contributed by atoms with E-state index in [0.717, 1.165) is 25.9 Å². The Morgan fingerprint density at radius 3 is 2.64 bits per heavy atom. The van der Waals surface area contributed by atoms with E-state index in [-0.39, 0.29) is 5.41 Å². The van der Waals surface area contributed by atoms with E-state index in [0.29, 0.717) is 12.0 Å². The maximum atomic E-state index is 8.93. The fourth-order valence-electron chi connectivity index (χ4n) is 2.16. The minimum atomic E-state index is 0.0237. The minimum absolute atomic E-state index is 0.0237. The van der Waals surface area contributed by atoms with Gasteiger partial charge in [-0.2, -0.15) is 5.26 Å². The molecule has 2 unspecified atom stereocenters. The quantitative estimate of drug-likeness (QED) is 0.571. The first kappa shape index (κ1) is 7.12. The standard InChI is InChI=1S/C9H13NO/c1-7-8(2-5-11-7)9(6-10)3-4-9/h7-8H,2-5H2,1H3. The molecular formula is C9H13NO. The number of ether oxygens (including phenoxy) is 1. The van der Waals surface area contributed by atoms with Crippen molar-refractivity contribution in [1.82, 2.24) is 0 Å². The molecule has 60 valence electrons. The molecule has 2 fully saturated rings. The lowest BCUT2D eigenvalue weighted by molar-refractivity contribution is 0.0935. The number of nitrogens with zero attached hydrogens (tertiary/aromatic N) is 1. The molecule has 2 atom stereocenters. The average Bonchev–Trinajstić information content (AvgIpc) is 2.70. The zero-order valence-electron chi connectivity index (χ0n) is 6.84. The monoisotopic (exact) mass is 151 g/mol. The summed E-state index contributed by atoms with van der Waals surface area (Å²) in [5.74, 6) is 0.521. The van der Waals surface area contributed by atoms with Crippen molar-refractivity contribution in [3.05, 3.63) is 0 Å². The second-order valence-corrected chi connectivity index (χ2v) is 3.74. The summed E-state index contributed by atoms with van der Waals surface area (Å²) >= 11 is 0. The van der Waals surface area contributed by atoms with Gasteiger partial charge in [0, 0.05) is 12.5 Å². The van der Waals surface area contributed by atoms with Crippen LogP contribution in [0.5, 0.6) is 0 Å². The first-order valence-corrected chi connectivity index (χ1v) is 4.31. The van der Waals surface area contributed by atoms with Crippen molar-refractivity contribution >= 4 is 0 Å². The van der Waals surface area contributed by atoms with E-state index in [1.807, 2.05) is 0 Å². The van der Waals surface area contributed by atoms with Crippen molar-refractivity contribution in [2.45, 2.75) is 32.3 Å². The first-order valence-electron chi connectivity index (χ1n) is 4.31. The third kappa shape index (κ3) is 0.954. The lowest BCUT2D eigenvalue weighted by atomic mass is 9.85. The molecule has 0 radical (unpaired) electrons. The first-order chi connectivity index (χ1) is 5.28. The van der Waals surface area contributed by atoms with Gasteiger partial charge < -0.3 is 4.74 Å². The molecule has 0 aromatic carbocycles. The van der Waals surface area contributed by atoms with E-state index in [1.165, 1.54) is 0 Å². The highest BCUT2D eigenvalue weighted by atomic mass is 16.5. The van der Waals surface area contributed by atoms with Gasteiger partial charge in [-0.05, 0) is 26.2 Å². The van der Waals surface area contributed by atoms with Crippen molar-refractivity contribution in [3.63, 3.8) is 0 Å². The number of hydrogen-bond donors (Lipinski definition) is 0. The Balaban J connectivity index is 2.10. The van der Waals surface area contributed by atoms with Crippen LogP contribution < -0.4 is 0 Å². The van der Waals surface area contributed by atoms with Gasteiger partial charge in [0.25, 0.3) is 0 Å². The maximum Gasteiger partial charge on any atom is 0.0693 e. The molecule has 11 heavy (non-hydrogen) atoms. The molecule has 2 heteroatoms.